The molecule has 1 saturated heterocycles. The topological polar surface area (TPSA) is 29.1 Å². The van der Waals surface area contributed by atoms with Gasteiger partial charge < -0.3 is 5.32 Å². The summed E-state index contributed by atoms with van der Waals surface area (Å²) < 4.78 is 0. The first kappa shape index (κ1) is 6.80. The number of hydrogen-bond donors (Lipinski definition) is 1. The van der Waals surface area contributed by atoms with E-state index < -0.39 is 0 Å². The predicted octanol–water partition coefficient (Wildman–Crippen LogP) is -0.632. The molecule has 1 amide bonds. The highest BCUT2D eigenvalue weighted by molar-refractivity contribution is 6.13. The third-order valence-corrected chi connectivity index (χ3v) is 2.56. The van der Waals surface area contributed by atoms with Crippen LogP contribution in [0, 0.1) is 0 Å². The van der Waals surface area contributed by atoms with Crippen LogP contribution in [0.4, 0.5) is 0 Å². The summed E-state index contributed by atoms with van der Waals surface area (Å²) in [6.45, 7) is 0. The minimum atomic E-state index is 0.257. The van der Waals surface area contributed by atoms with Crippen molar-refractivity contribution < 1.29 is 4.79 Å². The van der Waals surface area contributed by atoms with Gasteiger partial charge in [-0.2, -0.15) is 0 Å². The molecular formula is C6H13NOSi. The van der Waals surface area contributed by atoms with Crippen LogP contribution in [-0.2, 0) is 4.79 Å². The molecule has 1 aliphatic rings. The molecule has 3 heteroatoms. The van der Waals surface area contributed by atoms with Crippen molar-refractivity contribution in [3.05, 3.63) is 0 Å². The molecule has 0 aromatic carbocycles. The van der Waals surface area contributed by atoms with Crippen LogP contribution < -0.4 is 5.32 Å². The fraction of sp³-hybridized carbons (Fsp3) is 0.833. The Morgan fingerprint density at radius 1 is 1.56 bits per heavy atom. The van der Waals surface area contributed by atoms with Crippen LogP contribution in [0.15, 0.2) is 0 Å². The summed E-state index contributed by atoms with van der Waals surface area (Å²) in [7, 11) is 1.10. The van der Waals surface area contributed by atoms with Crippen molar-refractivity contribution in [1.82, 2.24) is 5.32 Å². The molecule has 0 spiro atoms. The van der Waals surface area contributed by atoms with Gasteiger partial charge in [0.25, 0.3) is 0 Å². The molecule has 1 aliphatic heterocycles. The van der Waals surface area contributed by atoms with Gasteiger partial charge >= 0.3 is 0 Å². The molecular weight excluding hydrogens is 130 g/mol. The lowest BCUT2D eigenvalue weighted by atomic mass is 10.2. The van der Waals surface area contributed by atoms with Crippen molar-refractivity contribution in [2.75, 3.05) is 0 Å². The van der Waals surface area contributed by atoms with E-state index >= 15 is 0 Å². The lowest BCUT2D eigenvalue weighted by molar-refractivity contribution is -0.121. The number of hydrogen-bond acceptors (Lipinski definition) is 1. The largest absolute Gasteiger partial charge is 0.357 e. The molecule has 1 heterocycles. The van der Waals surface area contributed by atoms with E-state index in [1.807, 2.05) is 0 Å². The fourth-order valence-corrected chi connectivity index (χ4v) is 1.89. The maximum atomic E-state index is 10.8. The van der Waals surface area contributed by atoms with E-state index in [1.165, 1.54) is 12.8 Å². The summed E-state index contributed by atoms with van der Waals surface area (Å²) >= 11 is 0. The first-order valence-electron chi connectivity index (χ1n) is 3.58. The summed E-state index contributed by atoms with van der Waals surface area (Å²) in [5, 5.41) is 2.96. The van der Waals surface area contributed by atoms with Gasteiger partial charge in [-0.05, 0) is 12.8 Å². The zero-order valence-electron chi connectivity index (χ0n) is 5.81. The Labute approximate surface area is 58.4 Å². The van der Waals surface area contributed by atoms with E-state index in [2.05, 4.69) is 5.32 Å². The first-order chi connectivity index (χ1) is 4.29. The van der Waals surface area contributed by atoms with Gasteiger partial charge in [0, 0.05) is 22.3 Å². The Balaban J connectivity index is 2.37. The number of rotatable bonds is 0. The zero-order chi connectivity index (χ0) is 6.69. The lowest BCUT2D eigenvalue weighted by Gasteiger charge is -2.07. The molecule has 2 nitrogen and oxygen atoms in total. The van der Waals surface area contributed by atoms with E-state index in [4.69, 9.17) is 0 Å². The fourth-order valence-electron chi connectivity index (χ4n) is 1.16. The molecule has 0 aromatic rings. The second kappa shape index (κ2) is 3.01. The average molecular weight is 143 g/mol. The van der Waals surface area contributed by atoms with E-state index in [1.54, 1.807) is 0 Å². The molecule has 1 atom stereocenters. The highest BCUT2D eigenvalue weighted by atomic mass is 28.1. The SMILES string of the molecule is O=C1CCCCC([SiH3])N1. The average Bonchev–Trinajstić information content (AvgIpc) is 1.93. The lowest BCUT2D eigenvalue weighted by Crippen LogP contribution is -2.32. The van der Waals surface area contributed by atoms with Gasteiger partial charge in [-0.15, -0.1) is 0 Å². The Morgan fingerprint density at radius 3 is 3.11 bits per heavy atom. The Kier molecular flexibility index (Phi) is 2.27. The van der Waals surface area contributed by atoms with Gasteiger partial charge in [-0.3, -0.25) is 4.79 Å². The van der Waals surface area contributed by atoms with Crippen LogP contribution in [0.1, 0.15) is 25.7 Å². The molecule has 9 heavy (non-hydrogen) atoms. The molecule has 1 fully saturated rings. The van der Waals surface area contributed by atoms with E-state index in [0.717, 1.165) is 23.1 Å². The monoisotopic (exact) mass is 143 g/mol. The van der Waals surface area contributed by atoms with Crippen molar-refractivity contribution in [3.8, 4) is 0 Å². The highest BCUT2D eigenvalue weighted by Crippen LogP contribution is 2.06. The molecule has 0 radical (unpaired) electrons. The predicted molar refractivity (Wildman–Crippen MR) is 40.3 cm³/mol. The third kappa shape index (κ3) is 2.18. The quantitative estimate of drug-likeness (QED) is 0.449. The number of nitrogens with one attached hydrogen (secondary N) is 1. The molecule has 0 saturated carbocycles. The van der Waals surface area contributed by atoms with Crippen LogP contribution >= 0.6 is 0 Å². The molecule has 0 aromatic heterocycles. The van der Waals surface area contributed by atoms with Crippen LogP contribution in [0.5, 0.6) is 0 Å². The number of amides is 1. The summed E-state index contributed by atoms with van der Waals surface area (Å²) in [5.74, 6) is 0.257. The third-order valence-electron chi connectivity index (χ3n) is 1.70. The normalized spacial score (nSPS) is 29.3. The van der Waals surface area contributed by atoms with Gasteiger partial charge in [0.2, 0.25) is 5.91 Å². The zero-order valence-corrected chi connectivity index (χ0v) is 7.81. The molecule has 52 valence electrons. The Morgan fingerprint density at radius 2 is 2.33 bits per heavy atom. The smallest absolute Gasteiger partial charge is 0.219 e. The van der Waals surface area contributed by atoms with Crippen molar-refractivity contribution in [2.24, 2.45) is 0 Å². The Bertz CT molecular complexity index is 116. The minimum Gasteiger partial charge on any atom is -0.357 e. The first-order valence-corrected chi connectivity index (χ1v) is 4.74. The van der Waals surface area contributed by atoms with Crippen molar-refractivity contribution >= 4 is 16.1 Å². The van der Waals surface area contributed by atoms with E-state index in [-0.39, 0.29) is 5.91 Å². The Hall–Kier alpha value is -0.313. The van der Waals surface area contributed by atoms with Crippen LogP contribution in [-0.4, -0.2) is 21.8 Å². The van der Waals surface area contributed by atoms with Crippen molar-refractivity contribution in [1.29, 1.82) is 0 Å². The van der Waals surface area contributed by atoms with Gasteiger partial charge in [0.05, 0.1) is 0 Å². The molecule has 0 aliphatic carbocycles. The van der Waals surface area contributed by atoms with Crippen LogP contribution in [0.25, 0.3) is 0 Å². The maximum absolute atomic E-state index is 10.8. The summed E-state index contributed by atoms with van der Waals surface area (Å²) in [4.78, 5) is 10.8. The number of carbonyl (C=O) groups excluding carboxylic acids is 1. The molecule has 0 bridgehead atoms. The van der Waals surface area contributed by atoms with Crippen molar-refractivity contribution in [2.45, 2.75) is 31.3 Å². The minimum absolute atomic E-state index is 0.257. The second-order valence-corrected chi connectivity index (χ2v) is 4.11. The van der Waals surface area contributed by atoms with E-state index in [0.29, 0.717) is 5.67 Å². The summed E-state index contributed by atoms with van der Waals surface area (Å²) in [5.41, 5.74) is 0.542. The second-order valence-electron chi connectivity index (χ2n) is 2.71. The maximum Gasteiger partial charge on any atom is 0.219 e. The van der Waals surface area contributed by atoms with Crippen LogP contribution in [0.3, 0.4) is 0 Å². The van der Waals surface area contributed by atoms with Gasteiger partial charge in [0.1, 0.15) is 0 Å². The van der Waals surface area contributed by atoms with Crippen molar-refractivity contribution in [3.63, 3.8) is 0 Å². The molecule has 1 N–H and O–H groups in total. The standard InChI is InChI=1S/C6H13NOSi/c8-5-3-1-2-4-6(9)7-5/h6H,1-4H2,9H3,(H,7,8). The summed E-state index contributed by atoms with van der Waals surface area (Å²) in [6, 6.07) is 0. The van der Waals surface area contributed by atoms with Gasteiger partial charge in [-0.1, -0.05) is 6.42 Å². The van der Waals surface area contributed by atoms with Gasteiger partial charge in [-0.25, -0.2) is 0 Å². The van der Waals surface area contributed by atoms with Crippen LogP contribution in [0.2, 0.25) is 0 Å². The highest BCUT2D eigenvalue weighted by Gasteiger charge is 2.10. The number of carbonyl (C=O) groups is 1. The summed E-state index contributed by atoms with van der Waals surface area (Å²) in [6.07, 6.45) is 4.27. The van der Waals surface area contributed by atoms with E-state index in [9.17, 15) is 4.79 Å². The molecule has 1 rings (SSSR count). The van der Waals surface area contributed by atoms with Gasteiger partial charge in [0.15, 0.2) is 0 Å². The molecule has 1 unspecified atom stereocenters.